The van der Waals surface area contributed by atoms with E-state index in [1.54, 1.807) is 12.4 Å². The van der Waals surface area contributed by atoms with Gasteiger partial charge in [-0.25, -0.2) is 4.98 Å². The van der Waals surface area contributed by atoms with Crippen molar-refractivity contribution in [1.29, 1.82) is 0 Å². The average Bonchev–Trinajstić information content (AvgIpc) is 2.71. The highest BCUT2D eigenvalue weighted by molar-refractivity contribution is 5.24. The van der Waals surface area contributed by atoms with Crippen molar-refractivity contribution in [3.8, 4) is 0 Å². The number of rotatable bonds is 3. The van der Waals surface area contributed by atoms with Gasteiger partial charge in [0.15, 0.2) is 5.95 Å². The third kappa shape index (κ3) is 1.87. The number of aromatic amines is 1. The minimum absolute atomic E-state index is 0.616. The summed E-state index contributed by atoms with van der Waals surface area (Å²) in [6.07, 6.45) is 3.45. The zero-order chi connectivity index (χ0) is 9.10. The highest BCUT2D eigenvalue weighted by Crippen LogP contribution is 2.03. The van der Waals surface area contributed by atoms with Crippen LogP contribution in [0, 0.1) is 6.92 Å². The van der Waals surface area contributed by atoms with Crippen molar-refractivity contribution in [2.24, 2.45) is 0 Å². The van der Waals surface area contributed by atoms with Gasteiger partial charge in [0.1, 0.15) is 11.5 Å². The largest absolute Gasteiger partial charge is 0.361 e. The molecule has 0 amide bonds. The lowest BCUT2D eigenvalue weighted by molar-refractivity contribution is 0.391. The van der Waals surface area contributed by atoms with Gasteiger partial charge in [-0.1, -0.05) is 5.16 Å². The molecule has 5 heteroatoms. The molecule has 0 bridgehead atoms. The van der Waals surface area contributed by atoms with E-state index >= 15 is 0 Å². The van der Waals surface area contributed by atoms with Gasteiger partial charge in [-0.2, -0.15) is 0 Å². The normalized spacial score (nSPS) is 10.2. The van der Waals surface area contributed by atoms with Crippen LogP contribution < -0.4 is 5.32 Å². The van der Waals surface area contributed by atoms with E-state index in [4.69, 9.17) is 4.52 Å². The zero-order valence-corrected chi connectivity index (χ0v) is 7.24. The molecule has 0 atom stereocenters. The smallest absolute Gasteiger partial charge is 0.200 e. The maximum absolute atomic E-state index is 4.91. The Morgan fingerprint density at radius 2 is 2.54 bits per heavy atom. The maximum atomic E-state index is 4.91. The van der Waals surface area contributed by atoms with Gasteiger partial charge in [-0.05, 0) is 6.92 Å². The number of nitrogens with zero attached hydrogens (tertiary/aromatic N) is 2. The van der Waals surface area contributed by atoms with Gasteiger partial charge in [0.25, 0.3) is 0 Å². The first-order valence-electron chi connectivity index (χ1n) is 4.00. The highest BCUT2D eigenvalue weighted by Gasteiger charge is 1.99. The van der Waals surface area contributed by atoms with Crippen LogP contribution in [-0.2, 0) is 6.54 Å². The van der Waals surface area contributed by atoms with E-state index in [-0.39, 0.29) is 0 Å². The number of aromatic nitrogens is 3. The number of anilines is 1. The molecule has 0 saturated carbocycles. The number of hydrogen-bond acceptors (Lipinski definition) is 4. The molecule has 2 rings (SSSR count). The molecule has 0 aromatic carbocycles. The molecule has 0 radical (unpaired) electrons. The fourth-order valence-electron chi connectivity index (χ4n) is 1.04. The Bertz CT molecular complexity index is 365. The van der Waals surface area contributed by atoms with Crippen LogP contribution in [0.3, 0.4) is 0 Å². The third-order valence-electron chi connectivity index (χ3n) is 1.61. The lowest BCUT2D eigenvalue weighted by Gasteiger charge is -1.96. The minimum atomic E-state index is 0.616. The molecule has 2 N–H and O–H groups in total. The van der Waals surface area contributed by atoms with Gasteiger partial charge in [0.05, 0.1) is 6.54 Å². The Hall–Kier alpha value is -1.78. The van der Waals surface area contributed by atoms with Crippen LogP contribution in [0.5, 0.6) is 0 Å². The zero-order valence-electron chi connectivity index (χ0n) is 7.24. The number of aryl methyl sites for hydroxylation is 1. The molecule has 0 spiro atoms. The number of hydrogen-bond donors (Lipinski definition) is 2. The number of nitrogens with one attached hydrogen (secondary N) is 2. The Balaban J connectivity index is 1.93. The topological polar surface area (TPSA) is 66.7 Å². The molecule has 13 heavy (non-hydrogen) atoms. The standard InChI is InChI=1S/C8H10N4O/c1-6-4-7(12-13-6)5-11-8-9-2-3-10-8/h2-4H,5H2,1H3,(H2,9,10,11). The van der Waals surface area contributed by atoms with Crippen molar-refractivity contribution in [3.05, 3.63) is 29.9 Å². The van der Waals surface area contributed by atoms with Gasteiger partial charge in [-0.15, -0.1) is 0 Å². The molecule has 2 heterocycles. The Kier molecular flexibility index (Phi) is 1.99. The molecule has 5 nitrogen and oxygen atoms in total. The summed E-state index contributed by atoms with van der Waals surface area (Å²) in [5.41, 5.74) is 0.869. The van der Waals surface area contributed by atoms with E-state index in [1.165, 1.54) is 0 Å². The quantitative estimate of drug-likeness (QED) is 0.743. The molecule has 0 aliphatic carbocycles. The molecule has 2 aromatic rings. The summed E-state index contributed by atoms with van der Waals surface area (Å²) >= 11 is 0. The van der Waals surface area contributed by atoms with Crippen molar-refractivity contribution in [2.75, 3.05) is 5.32 Å². The molecular formula is C8H10N4O. The molecular weight excluding hydrogens is 168 g/mol. The van der Waals surface area contributed by atoms with Gasteiger partial charge in [0, 0.05) is 18.5 Å². The second-order valence-electron chi connectivity index (χ2n) is 2.72. The van der Waals surface area contributed by atoms with E-state index in [0.29, 0.717) is 6.54 Å². The van der Waals surface area contributed by atoms with Gasteiger partial charge in [0.2, 0.25) is 0 Å². The van der Waals surface area contributed by atoms with Crippen LogP contribution in [0.1, 0.15) is 11.5 Å². The van der Waals surface area contributed by atoms with E-state index < -0.39 is 0 Å². The summed E-state index contributed by atoms with van der Waals surface area (Å²) in [7, 11) is 0. The van der Waals surface area contributed by atoms with Crippen molar-refractivity contribution in [1.82, 2.24) is 15.1 Å². The van der Waals surface area contributed by atoms with Crippen LogP contribution in [0.25, 0.3) is 0 Å². The first-order chi connectivity index (χ1) is 6.34. The van der Waals surface area contributed by atoms with Crippen LogP contribution >= 0.6 is 0 Å². The molecule has 0 aliphatic rings. The van der Waals surface area contributed by atoms with Gasteiger partial charge >= 0.3 is 0 Å². The summed E-state index contributed by atoms with van der Waals surface area (Å²) in [5.74, 6) is 1.55. The Morgan fingerprint density at radius 1 is 1.62 bits per heavy atom. The van der Waals surface area contributed by atoms with Gasteiger partial charge < -0.3 is 14.8 Å². The number of imidazole rings is 1. The van der Waals surface area contributed by atoms with Crippen molar-refractivity contribution < 1.29 is 4.52 Å². The fourth-order valence-corrected chi connectivity index (χ4v) is 1.04. The Morgan fingerprint density at radius 3 is 3.15 bits per heavy atom. The third-order valence-corrected chi connectivity index (χ3v) is 1.61. The van der Waals surface area contributed by atoms with E-state index in [2.05, 4.69) is 20.4 Å². The predicted octanol–water partition coefficient (Wildman–Crippen LogP) is 1.32. The molecule has 0 aliphatic heterocycles. The van der Waals surface area contributed by atoms with Crippen LogP contribution in [-0.4, -0.2) is 15.1 Å². The fraction of sp³-hybridized carbons (Fsp3) is 0.250. The predicted molar refractivity (Wildman–Crippen MR) is 47.2 cm³/mol. The lowest BCUT2D eigenvalue weighted by atomic mass is 10.4. The maximum Gasteiger partial charge on any atom is 0.200 e. The lowest BCUT2D eigenvalue weighted by Crippen LogP contribution is -2.00. The molecule has 2 aromatic heterocycles. The second kappa shape index (κ2) is 3.30. The second-order valence-corrected chi connectivity index (χ2v) is 2.72. The minimum Gasteiger partial charge on any atom is -0.361 e. The van der Waals surface area contributed by atoms with Crippen molar-refractivity contribution >= 4 is 5.95 Å². The van der Waals surface area contributed by atoms with Crippen LogP contribution in [0.2, 0.25) is 0 Å². The summed E-state index contributed by atoms with van der Waals surface area (Å²) < 4.78 is 4.91. The summed E-state index contributed by atoms with van der Waals surface area (Å²) in [6, 6.07) is 1.88. The van der Waals surface area contributed by atoms with Crippen molar-refractivity contribution in [2.45, 2.75) is 13.5 Å². The molecule has 0 unspecified atom stereocenters. The van der Waals surface area contributed by atoms with E-state index in [9.17, 15) is 0 Å². The summed E-state index contributed by atoms with van der Waals surface area (Å²) in [4.78, 5) is 6.95. The molecule has 0 saturated heterocycles. The number of H-pyrrole nitrogens is 1. The first kappa shape index (κ1) is 7.85. The SMILES string of the molecule is Cc1cc(CNc2ncc[nH]2)no1. The van der Waals surface area contributed by atoms with E-state index in [0.717, 1.165) is 17.4 Å². The Labute approximate surface area is 75.2 Å². The first-order valence-corrected chi connectivity index (χ1v) is 4.00. The summed E-state index contributed by atoms with van der Waals surface area (Å²) in [6.45, 7) is 2.48. The monoisotopic (exact) mass is 178 g/mol. The molecule has 0 fully saturated rings. The van der Waals surface area contributed by atoms with Gasteiger partial charge in [-0.3, -0.25) is 0 Å². The summed E-state index contributed by atoms with van der Waals surface area (Å²) in [5, 5.41) is 6.90. The van der Waals surface area contributed by atoms with Crippen molar-refractivity contribution in [3.63, 3.8) is 0 Å². The average molecular weight is 178 g/mol. The van der Waals surface area contributed by atoms with Crippen LogP contribution in [0.15, 0.2) is 23.0 Å². The van der Waals surface area contributed by atoms with Crippen LogP contribution in [0.4, 0.5) is 5.95 Å². The highest BCUT2D eigenvalue weighted by atomic mass is 16.5. The molecule has 68 valence electrons. The van der Waals surface area contributed by atoms with E-state index in [1.807, 2.05) is 13.0 Å².